The van der Waals surface area contributed by atoms with Crippen LogP contribution in [-0.2, 0) is 14.6 Å². The Morgan fingerprint density at radius 2 is 1.90 bits per heavy atom. The van der Waals surface area contributed by atoms with E-state index in [1.54, 1.807) is 0 Å². The van der Waals surface area contributed by atoms with Crippen LogP contribution in [0.2, 0.25) is 0 Å². The molecule has 0 aliphatic carbocycles. The van der Waals surface area contributed by atoms with Crippen LogP contribution in [0, 0.1) is 10.1 Å². The molecule has 1 aliphatic rings. The summed E-state index contributed by atoms with van der Waals surface area (Å²) in [6.07, 6.45) is 3.06. The second kappa shape index (κ2) is 9.79. The van der Waals surface area contributed by atoms with Crippen molar-refractivity contribution in [2.75, 3.05) is 32.4 Å². The van der Waals surface area contributed by atoms with Crippen molar-refractivity contribution < 1.29 is 22.9 Å². The van der Waals surface area contributed by atoms with Gasteiger partial charge in [0.1, 0.15) is 0 Å². The Morgan fingerprint density at radius 1 is 1.24 bits per heavy atom. The van der Waals surface area contributed by atoms with Gasteiger partial charge in [0.25, 0.3) is 11.6 Å². The molecule has 2 amide bonds. The van der Waals surface area contributed by atoms with Gasteiger partial charge >= 0.3 is 0 Å². The van der Waals surface area contributed by atoms with Crippen molar-refractivity contribution in [1.82, 2.24) is 15.5 Å². The molecule has 0 radical (unpaired) electrons. The lowest BCUT2D eigenvalue weighted by atomic mass is 10.0. The molecule has 0 saturated carbocycles. The van der Waals surface area contributed by atoms with Crippen molar-refractivity contribution in [3.8, 4) is 0 Å². The van der Waals surface area contributed by atoms with Crippen LogP contribution in [0.5, 0.6) is 0 Å². The maximum atomic E-state index is 12.5. The van der Waals surface area contributed by atoms with Crippen LogP contribution in [0.4, 0.5) is 5.69 Å². The third kappa shape index (κ3) is 6.79. The number of nitrogens with one attached hydrogen (secondary N) is 2. The highest BCUT2D eigenvalue weighted by Crippen LogP contribution is 2.21. The van der Waals surface area contributed by atoms with E-state index in [4.69, 9.17) is 0 Å². The first-order valence-electron chi connectivity index (χ1n) is 9.39. The number of nitro groups is 1. The maximum Gasteiger partial charge on any atom is 0.271 e. The molecule has 0 aromatic heterocycles. The van der Waals surface area contributed by atoms with Crippen molar-refractivity contribution in [2.45, 2.75) is 37.1 Å². The fourth-order valence-corrected chi connectivity index (χ4v) is 3.74. The quantitative estimate of drug-likeness (QED) is 0.461. The van der Waals surface area contributed by atoms with E-state index in [9.17, 15) is 28.1 Å². The second-order valence-electron chi connectivity index (χ2n) is 7.12. The summed E-state index contributed by atoms with van der Waals surface area (Å²) in [4.78, 5) is 36.4. The third-order valence-electron chi connectivity index (χ3n) is 4.65. The first-order chi connectivity index (χ1) is 13.6. The molecule has 2 N–H and O–H groups in total. The molecule has 1 aromatic rings. The van der Waals surface area contributed by atoms with Gasteiger partial charge < -0.3 is 10.6 Å². The van der Waals surface area contributed by atoms with Gasteiger partial charge in [-0.2, -0.15) is 0 Å². The number of non-ortho nitro benzene ring substituents is 1. The number of hydrogen-bond acceptors (Lipinski definition) is 7. The number of sulfone groups is 1. The molecular formula is C18H26N4O6S. The number of nitrogens with zero attached hydrogens (tertiary/aromatic N) is 2. The van der Waals surface area contributed by atoms with Gasteiger partial charge in [-0.15, -0.1) is 0 Å². The summed E-state index contributed by atoms with van der Waals surface area (Å²) in [6, 6.07) is 2.99. The van der Waals surface area contributed by atoms with Crippen LogP contribution in [0.3, 0.4) is 0 Å². The van der Waals surface area contributed by atoms with Crippen LogP contribution < -0.4 is 10.6 Å². The smallest absolute Gasteiger partial charge is 0.271 e. The first-order valence-corrected chi connectivity index (χ1v) is 11.3. The molecule has 1 heterocycles. The summed E-state index contributed by atoms with van der Waals surface area (Å²) in [6.45, 7) is 4.20. The van der Waals surface area contributed by atoms with Crippen molar-refractivity contribution in [3.05, 3.63) is 33.9 Å². The van der Waals surface area contributed by atoms with Gasteiger partial charge in [-0.3, -0.25) is 24.6 Å². The van der Waals surface area contributed by atoms with Crippen LogP contribution in [-0.4, -0.2) is 68.5 Å². The van der Waals surface area contributed by atoms with Crippen molar-refractivity contribution >= 4 is 27.3 Å². The minimum atomic E-state index is -3.70. The predicted molar refractivity (Wildman–Crippen MR) is 106 cm³/mol. The van der Waals surface area contributed by atoms with Gasteiger partial charge in [0, 0.05) is 49.6 Å². The van der Waals surface area contributed by atoms with E-state index in [-0.39, 0.29) is 22.4 Å². The Balaban J connectivity index is 1.98. The average Bonchev–Trinajstić information content (AvgIpc) is 2.66. The largest absolute Gasteiger partial charge is 0.355 e. The molecule has 160 valence electrons. The standard InChI is InChI=1S/C18H26N4O6S/c1-3-6-19-17(23)12-21-7-4-14(5-8-21)20-18(24)13-9-15(22(25)26)11-16(10-13)29(2,27)28/h9-11,14H,3-8,12H2,1-2H3,(H,19,23)(H,20,24). The molecule has 10 nitrogen and oxygen atoms in total. The molecule has 1 aromatic carbocycles. The molecule has 1 fully saturated rings. The average molecular weight is 426 g/mol. The van der Waals surface area contributed by atoms with E-state index in [0.717, 1.165) is 30.9 Å². The summed E-state index contributed by atoms with van der Waals surface area (Å²) in [5.74, 6) is -0.586. The Hall–Kier alpha value is -2.53. The number of amides is 2. The molecule has 11 heteroatoms. The lowest BCUT2D eigenvalue weighted by molar-refractivity contribution is -0.385. The van der Waals surface area contributed by atoms with Gasteiger partial charge in [0.2, 0.25) is 5.91 Å². The molecule has 1 aliphatic heterocycles. The van der Waals surface area contributed by atoms with Crippen LogP contribution >= 0.6 is 0 Å². The van der Waals surface area contributed by atoms with Gasteiger partial charge in [0.15, 0.2) is 9.84 Å². The summed E-state index contributed by atoms with van der Waals surface area (Å²) >= 11 is 0. The van der Waals surface area contributed by atoms with E-state index < -0.39 is 26.4 Å². The summed E-state index contributed by atoms with van der Waals surface area (Å²) < 4.78 is 23.5. The Morgan fingerprint density at radius 3 is 2.45 bits per heavy atom. The Bertz CT molecular complexity index is 878. The van der Waals surface area contributed by atoms with E-state index in [1.807, 2.05) is 11.8 Å². The number of likely N-dealkylation sites (tertiary alicyclic amines) is 1. The minimum absolute atomic E-state index is 0.0285. The molecule has 0 unspecified atom stereocenters. The number of rotatable bonds is 8. The molecular weight excluding hydrogens is 400 g/mol. The zero-order valence-corrected chi connectivity index (χ0v) is 17.3. The van der Waals surface area contributed by atoms with Crippen molar-refractivity contribution in [3.63, 3.8) is 0 Å². The summed E-state index contributed by atoms with van der Waals surface area (Å²) in [5, 5.41) is 16.7. The molecule has 1 saturated heterocycles. The Labute approximate surface area is 169 Å². The highest BCUT2D eigenvalue weighted by molar-refractivity contribution is 7.90. The SMILES string of the molecule is CCCNC(=O)CN1CCC(NC(=O)c2cc([N+](=O)[O-])cc(S(C)(=O)=O)c2)CC1. The first kappa shape index (κ1) is 22.8. The molecule has 0 spiro atoms. The normalized spacial score (nSPS) is 15.7. The van der Waals surface area contributed by atoms with Crippen molar-refractivity contribution in [1.29, 1.82) is 0 Å². The number of nitro benzene ring substituents is 1. The fourth-order valence-electron chi connectivity index (χ4n) is 3.06. The van der Waals surface area contributed by atoms with Crippen LogP contribution in [0.25, 0.3) is 0 Å². The van der Waals surface area contributed by atoms with E-state index >= 15 is 0 Å². The Kier molecular flexibility index (Phi) is 7.68. The van der Waals surface area contributed by atoms with Crippen molar-refractivity contribution in [2.24, 2.45) is 0 Å². The maximum absolute atomic E-state index is 12.5. The van der Waals surface area contributed by atoms with Gasteiger partial charge in [-0.05, 0) is 25.3 Å². The highest BCUT2D eigenvalue weighted by Gasteiger charge is 2.24. The van der Waals surface area contributed by atoms with E-state index in [0.29, 0.717) is 39.0 Å². The second-order valence-corrected chi connectivity index (χ2v) is 9.13. The number of carbonyl (C=O) groups excluding carboxylic acids is 2. The van der Waals surface area contributed by atoms with E-state index in [1.165, 1.54) is 0 Å². The van der Waals surface area contributed by atoms with Gasteiger partial charge in [-0.25, -0.2) is 8.42 Å². The summed E-state index contributed by atoms with van der Waals surface area (Å²) in [5.41, 5.74) is -0.521. The fraction of sp³-hybridized carbons (Fsp3) is 0.556. The topological polar surface area (TPSA) is 139 Å². The monoisotopic (exact) mass is 426 g/mol. The van der Waals surface area contributed by atoms with E-state index in [2.05, 4.69) is 10.6 Å². The number of benzene rings is 1. The predicted octanol–water partition coefficient (Wildman–Crippen LogP) is 0.719. The molecule has 29 heavy (non-hydrogen) atoms. The molecule has 0 atom stereocenters. The third-order valence-corrected chi connectivity index (χ3v) is 5.75. The number of piperidine rings is 1. The lowest BCUT2D eigenvalue weighted by Crippen LogP contribution is -2.47. The lowest BCUT2D eigenvalue weighted by Gasteiger charge is -2.31. The van der Waals surface area contributed by atoms with Gasteiger partial charge in [0.05, 0.1) is 16.4 Å². The zero-order valence-electron chi connectivity index (χ0n) is 16.5. The summed E-state index contributed by atoms with van der Waals surface area (Å²) in [7, 11) is -3.70. The van der Waals surface area contributed by atoms with Crippen LogP contribution in [0.15, 0.2) is 23.1 Å². The van der Waals surface area contributed by atoms with Gasteiger partial charge in [-0.1, -0.05) is 6.92 Å². The molecule has 2 rings (SSSR count). The number of carbonyl (C=O) groups is 2. The minimum Gasteiger partial charge on any atom is -0.355 e. The molecule has 0 bridgehead atoms. The zero-order chi connectivity index (χ0) is 21.6. The highest BCUT2D eigenvalue weighted by atomic mass is 32.2. The number of hydrogen-bond donors (Lipinski definition) is 2. The van der Waals surface area contributed by atoms with Crippen LogP contribution in [0.1, 0.15) is 36.5 Å².